The molecule has 0 spiro atoms. The number of fused-ring (bicyclic) bond motifs is 2. The van der Waals surface area contributed by atoms with Gasteiger partial charge in [0.25, 0.3) is 0 Å². The Balaban J connectivity index is 2.13. The summed E-state index contributed by atoms with van der Waals surface area (Å²) in [6.07, 6.45) is 2.90. The highest BCUT2D eigenvalue weighted by atomic mass is 16.7. The lowest BCUT2D eigenvalue weighted by Gasteiger charge is -2.42. The van der Waals surface area contributed by atoms with Gasteiger partial charge in [-0.15, -0.1) is 0 Å². The van der Waals surface area contributed by atoms with Crippen molar-refractivity contribution in [3.8, 4) is 0 Å². The third-order valence-electron chi connectivity index (χ3n) is 4.12. The van der Waals surface area contributed by atoms with Gasteiger partial charge in [0.05, 0.1) is 12.2 Å². The molecule has 0 aromatic rings. The Morgan fingerprint density at radius 1 is 1.50 bits per heavy atom. The molecule has 0 aromatic heterocycles. The highest BCUT2D eigenvalue weighted by Gasteiger charge is 2.50. The standard InChI is InChI=1S/C13H22O3/c1-5-10(14)8(2)12-9(3)11-6-7-13(4,15-11)16-12/h8-9,11-12H,5-7H2,1-4H3/t8-,9-,11+,12+,13+/m1/s1. The molecule has 0 aliphatic carbocycles. The average Bonchev–Trinajstić information content (AvgIpc) is 2.61. The first-order valence-electron chi connectivity index (χ1n) is 6.35. The quantitative estimate of drug-likeness (QED) is 0.742. The van der Waals surface area contributed by atoms with Gasteiger partial charge in [0.2, 0.25) is 0 Å². The molecule has 3 nitrogen and oxygen atoms in total. The molecule has 3 heteroatoms. The van der Waals surface area contributed by atoms with Gasteiger partial charge >= 0.3 is 0 Å². The average molecular weight is 226 g/mol. The number of Topliss-reactive ketones (excluding diaryl/α,β-unsaturated/α-hetero) is 1. The molecule has 92 valence electrons. The lowest BCUT2D eigenvalue weighted by molar-refractivity contribution is -0.301. The van der Waals surface area contributed by atoms with Crippen LogP contribution in [0.3, 0.4) is 0 Å². The van der Waals surface area contributed by atoms with E-state index in [4.69, 9.17) is 9.47 Å². The SMILES string of the molecule is CCC(=O)[C@@H](C)[C@@H]1O[C@@]2(C)CC[C@H](O2)[C@H]1C. The van der Waals surface area contributed by atoms with E-state index in [0.29, 0.717) is 18.1 Å². The van der Waals surface area contributed by atoms with Crippen LogP contribution in [-0.2, 0) is 14.3 Å². The number of carbonyl (C=O) groups excluding carboxylic acids is 1. The number of carbonyl (C=O) groups is 1. The summed E-state index contributed by atoms with van der Waals surface area (Å²) in [4.78, 5) is 11.8. The van der Waals surface area contributed by atoms with Gasteiger partial charge in [-0.3, -0.25) is 4.79 Å². The van der Waals surface area contributed by atoms with Crippen molar-refractivity contribution in [1.82, 2.24) is 0 Å². The van der Waals surface area contributed by atoms with E-state index in [1.54, 1.807) is 0 Å². The van der Waals surface area contributed by atoms with E-state index in [9.17, 15) is 4.79 Å². The lowest BCUT2D eigenvalue weighted by Crippen LogP contribution is -2.49. The van der Waals surface area contributed by atoms with Crippen molar-refractivity contribution in [1.29, 1.82) is 0 Å². The van der Waals surface area contributed by atoms with Crippen molar-refractivity contribution < 1.29 is 14.3 Å². The van der Waals surface area contributed by atoms with E-state index in [1.165, 1.54) is 0 Å². The fraction of sp³-hybridized carbons (Fsp3) is 0.923. The van der Waals surface area contributed by atoms with Crippen molar-refractivity contribution in [2.24, 2.45) is 11.8 Å². The zero-order valence-electron chi connectivity index (χ0n) is 10.7. The molecule has 2 rings (SSSR count). The van der Waals surface area contributed by atoms with Crippen LogP contribution >= 0.6 is 0 Å². The maximum absolute atomic E-state index is 11.8. The van der Waals surface area contributed by atoms with Gasteiger partial charge in [0.15, 0.2) is 5.79 Å². The molecule has 2 fully saturated rings. The van der Waals surface area contributed by atoms with Crippen LogP contribution in [0.5, 0.6) is 0 Å². The highest BCUT2D eigenvalue weighted by Crippen LogP contribution is 2.44. The minimum atomic E-state index is -0.440. The molecule has 0 aromatic carbocycles. The van der Waals surface area contributed by atoms with E-state index in [-0.39, 0.29) is 18.1 Å². The Morgan fingerprint density at radius 3 is 2.81 bits per heavy atom. The van der Waals surface area contributed by atoms with Gasteiger partial charge in [-0.25, -0.2) is 0 Å². The van der Waals surface area contributed by atoms with E-state index in [1.807, 2.05) is 20.8 Å². The normalized spacial score (nSPS) is 44.4. The maximum atomic E-state index is 11.8. The van der Waals surface area contributed by atoms with Crippen LogP contribution in [0.1, 0.15) is 47.0 Å². The Bertz CT molecular complexity index is 289. The highest BCUT2D eigenvalue weighted by molar-refractivity contribution is 5.80. The second kappa shape index (κ2) is 4.11. The fourth-order valence-corrected chi connectivity index (χ4v) is 2.97. The summed E-state index contributed by atoms with van der Waals surface area (Å²) < 4.78 is 11.9. The molecular weight excluding hydrogens is 204 g/mol. The topological polar surface area (TPSA) is 35.5 Å². The van der Waals surface area contributed by atoms with Crippen LogP contribution in [0.25, 0.3) is 0 Å². The smallest absolute Gasteiger partial charge is 0.166 e. The molecule has 5 atom stereocenters. The first-order chi connectivity index (χ1) is 7.47. The van der Waals surface area contributed by atoms with Crippen molar-refractivity contribution in [2.75, 3.05) is 0 Å². The fourth-order valence-electron chi connectivity index (χ4n) is 2.97. The maximum Gasteiger partial charge on any atom is 0.166 e. The largest absolute Gasteiger partial charge is 0.347 e. The molecule has 2 saturated heterocycles. The monoisotopic (exact) mass is 226 g/mol. The zero-order valence-corrected chi connectivity index (χ0v) is 10.7. The zero-order chi connectivity index (χ0) is 11.9. The third-order valence-corrected chi connectivity index (χ3v) is 4.12. The van der Waals surface area contributed by atoms with Crippen molar-refractivity contribution >= 4 is 5.78 Å². The molecule has 2 aliphatic rings. The van der Waals surface area contributed by atoms with Crippen molar-refractivity contribution in [3.05, 3.63) is 0 Å². The van der Waals surface area contributed by atoms with Crippen LogP contribution in [0.2, 0.25) is 0 Å². The Hall–Kier alpha value is -0.410. The van der Waals surface area contributed by atoms with E-state index in [2.05, 4.69) is 6.92 Å². The lowest BCUT2D eigenvalue weighted by atomic mass is 9.85. The van der Waals surface area contributed by atoms with Crippen molar-refractivity contribution in [3.63, 3.8) is 0 Å². The first kappa shape index (κ1) is 12.1. The summed E-state index contributed by atoms with van der Waals surface area (Å²) in [7, 11) is 0. The van der Waals surface area contributed by atoms with Crippen LogP contribution in [0.15, 0.2) is 0 Å². The van der Waals surface area contributed by atoms with Crippen LogP contribution < -0.4 is 0 Å². The second-order valence-corrected chi connectivity index (χ2v) is 5.38. The molecule has 0 unspecified atom stereocenters. The molecule has 2 aliphatic heterocycles. The number of hydrogen-bond donors (Lipinski definition) is 0. The summed E-state index contributed by atoms with van der Waals surface area (Å²) in [5.74, 6) is 0.163. The first-order valence-corrected chi connectivity index (χ1v) is 6.35. The minimum absolute atomic E-state index is 0.0103. The summed E-state index contributed by atoms with van der Waals surface area (Å²) in [5, 5.41) is 0. The summed E-state index contributed by atoms with van der Waals surface area (Å²) >= 11 is 0. The molecule has 0 saturated carbocycles. The van der Waals surface area contributed by atoms with Gasteiger partial charge < -0.3 is 9.47 Å². The van der Waals surface area contributed by atoms with Crippen LogP contribution in [0, 0.1) is 11.8 Å². The number of ketones is 1. The number of hydrogen-bond acceptors (Lipinski definition) is 3. The van der Waals surface area contributed by atoms with Gasteiger partial charge in [0, 0.05) is 24.7 Å². The molecule has 2 bridgehead atoms. The predicted molar refractivity (Wildman–Crippen MR) is 61.0 cm³/mol. The van der Waals surface area contributed by atoms with Crippen LogP contribution in [0.4, 0.5) is 0 Å². The van der Waals surface area contributed by atoms with Gasteiger partial charge in [0.1, 0.15) is 5.78 Å². The molecule has 2 heterocycles. The molecule has 0 radical (unpaired) electrons. The van der Waals surface area contributed by atoms with Gasteiger partial charge in [-0.2, -0.15) is 0 Å². The second-order valence-electron chi connectivity index (χ2n) is 5.38. The van der Waals surface area contributed by atoms with Gasteiger partial charge in [-0.1, -0.05) is 20.8 Å². The molecule has 0 N–H and O–H groups in total. The Labute approximate surface area is 97.5 Å². The predicted octanol–water partition coefficient (Wildman–Crippen LogP) is 2.53. The van der Waals surface area contributed by atoms with Crippen LogP contribution in [-0.4, -0.2) is 23.8 Å². The summed E-state index contributed by atoms with van der Waals surface area (Å²) in [6.45, 7) is 8.04. The Kier molecular flexibility index (Phi) is 3.10. The number of ether oxygens (including phenoxy) is 2. The summed E-state index contributed by atoms with van der Waals surface area (Å²) in [6, 6.07) is 0. The minimum Gasteiger partial charge on any atom is -0.347 e. The van der Waals surface area contributed by atoms with Gasteiger partial charge in [-0.05, 0) is 13.3 Å². The molecule has 16 heavy (non-hydrogen) atoms. The van der Waals surface area contributed by atoms with E-state index >= 15 is 0 Å². The summed E-state index contributed by atoms with van der Waals surface area (Å²) in [5.41, 5.74) is 0. The number of rotatable bonds is 3. The van der Waals surface area contributed by atoms with E-state index < -0.39 is 5.79 Å². The molecule has 0 amide bonds. The Morgan fingerprint density at radius 2 is 2.19 bits per heavy atom. The van der Waals surface area contributed by atoms with Crippen molar-refractivity contribution in [2.45, 2.75) is 65.0 Å². The third kappa shape index (κ3) is 1.91. The molecular formula is C13H22O3. The van der Waals surface area contributed by atoms with E-state index in [0.717, 1.165) is 12.8 Å².